The number of morpholine rings is 1. The van der Waals surface area contributed by atoms with Gasteiger partial charge in [0.15, 0.2) is 11.6 Å². The van der Waals surface area contributed by atoms with Crippen molar-refractivity contribution in [2.45, 2.75) is 24.2 Å². The van der Waals surface area contributed by atoms with Gasteiger partial charge in [0.1, 0.15) is 5.75 Å². The summed E-state index contributed by atoms with van der Waals surface area (Å²) in [6.07, 6.45) is 4.05. The minimum absolute atomic E-state index is 0.0142. The summed E-state index contributed by atoms with van der Waals surface area (Å²) in [4.78, 5) is 63.6. The molecule has 2 amide bonds. The quantitative estimate of drug-likeness (QED) is 0.148. The zero-order valence-corrected chi connectivity index (χ0v) is 30.7. The third-order valence-electron chi connectivity index (χ3n) is 13.1. The fourth-order valence-electron chi connectivity index (χ4n) is 10.7. The number of phenols is 1. The van der Waals surface area contributed by atoms with E-state index < -0.39 is 35.0 Å². The van der Waals surface area contributed by atoms with Crippen LogP contribution in [-0.2, 0) is 29.3 Å². The van der Waals surface area contributed by atoms with E-state index in [1.165, 1.54) is 11.0 Å². The Kier molecular flexibility index (Phi) is 8.15. The van der Waals surface area contributed by atoms with Crippen LogP contribution in [0.15, 0.2) is 139 Å². The molecular formula is C48H40N2O6. The lowest BCUT2D eigenvalue weighted by atomic mass is 9.44. The van der Waals surface area contributed by atoms with Gasteiger partial charge in [-0.1, -0.05) is 103 Å². The Bertz CT molecular complexity index is 2490. The van der Waals surface area contributed by atoms with Gasteiger partial charge < -0.3 is 14.7 Å². The molecule has 6 unspecified atom stereocenters. The summed E-state index contributed by atoms with van der Waals surface area (Å²) < 4.78 is 5.52. The lowest BCUT2D eigenvalue weighted by molar-refractivity contribution is -0.135. The zero-order valence-electron chi connectivity index (χ0n) is 30.7. The van der Waals surface area contributed by atoms with Crippen LogP contribution in [0.1, 0.15) is 35.4 Å². The maximum Gasteiger partial charge on any atom is 0.238 e. The first-order valence-electron chi connectivity index (χ1n) is 19.5. The summed E-state index contributed by atoms with van der Waals surface area (Å²) in [7, 11) is 0. The molecule has 0 radical (unpaired) electrons. The predicted octanol–water partition coefficient (Wildman–Crippen LogP) is 7.41. The summed E-state index contributed by atoms with van der Waals surface area (Å²) >= 11 is 0. The molecule has 6 atom stereocenters. The number of ketones is 2. The molecule has 5 aliphatic rings. The van der Waals surface area contributed by atoms with E-state index in [0.29, 0.717) is 47.6 Å². The van der Waals surface area contributed by atoms with E-state index in [2.05, 4.69) is 4.90 Å². The number of hydrogen-bond donors (Lipinski definition) is 1. The summed E-state index contributed by atoms with van der Waals surface area (Å²) in [5.74, 6) is -4.56. The van der Waals surface area contributed by atoms with Crippen molar-refractivity contribution in [2.24, 2.45) is 23.7 Å². The number of aromatic hydroxyl groups is 1. The Labute approximate surface area is 324 Å². The highest BCUT2D eigenvalue weighted by molar-refractivity contribution is 6.32. The van der Waals surface area contributed by atoms with Crippen molar-refractivity contribution in [2.75, 3.05) is 36.1 Å². The number of phenolic OH excluding ortho intramolecular Hbond substituents is 1. The third-order valence-corrected chi connectivity index (χ3v) is 13.1. The van der Waals surface area contributed by atoms with Crippen LogP contribution in [0.25, 0.3) is 16.3 Å². The predicted molar refractivity (Wildman–Crippen MR) is 214 cm³/mol. The minimum Gasteiger partial charge on any atom is -0.508 e. The van der Waals surface area contributed by atoms with Crippen LogP contribution in [0.2, 0.25) is 0 Å². The van der Waals surface area contributed by atoms with Crippen LogP contribution in [0, 0.1) is 23.7 Å². The second kappa shape index (κ2) is 13.3. The van der Waals surface area contributed by atoms with Gasteiger partial charge in [0, 0.05) is 41.7 Å². The van der Waals surface area contributed by atoms with E-state index in [-0.39, 0.29) is 35.6 Å². The molecule has 8 heteroatoms. The van der Waals surface area contributed by atoms with Gasteiger partial charge in [-0.3, -0.25) is 24.1 Å². The average molecular weight is 741 g/mol. The maximum atomic E-state index is 15.4. The Morgan fingerprint density at radius 1 is 0.696 bits per heavy atom. The number of ether oxygens (including phenoxy) is 1. The first-order chi connectivity index (χ1) is 27.4. The zero-order chi connectivity index (χ0) is 38.1. The van der Waals surface area contributed by atoms with E-state index in [9.17, 15) is 14.7 Å². The first-order valence-corrected chi connectivity index (χ1v) is 19.5. The summed E-state index contributed by atoms with van der Waals surface area (Å²) in [6, 6.07) is 37.6. The van der Waals surface area contributed by atoms with Gasteiger partial charge in [0.05, 0.1) is 36.2 Å². The van der Waals surface area contributed by atoms with Crippen LogP contribution >= 0.6 is 0 Å². The number of allylic oxidation sites excluding steroid dienone is 4. The van der Waals surface area contributed by atoms with Crippen LogP contribution in [0.5, 0.6) is 5.75 Å². The van der Waals surface area contributed by atoms with Crippen molar-refractivity contribution in [1.82, 2.24) is 0 Å². The average Bonchev–Trinajstić information content (AvgIpc) is 3.51. The SMILES string of the molecule is O=C1C(c2ccccc2)=CC(=O)C2(c3ccccc3)C1CC1C(=CCC3C(=O)N(c4ccc(N5CCOCC5)cc4)C(=O)C31)C2c1c(O)ccc2ccccc12. The highest BCUT2D eigenvalue weighted by Gasteiger charge is 2.66. The van der Waals surface area contributed by atoms with Gasteiger partial charge in [-0.25, -0.2) is 0 Å². The van der Waals surface area contributed by atoms with Crippen LogP contribution in [0.3, 0.4) is 0 Å². The Balaban J connectivity index is 1.16. The lowest BCUT2D eigenvalue weighted by Gasteiger charge is -2.55. The number of benzene rings is 5. The highest BCUT2D eigenvalue weighted by Crippen LogP contribution is 2.65. The number of carbonyl (C=O) groups is 4. The molecule has 3 aliphatic carbocycles. The van der Waals surface area contributed by atoms with E-state index in [1.807, 2.05) is 121 Å². The highest BCUT2D eigenvalue weighted by atomic mass is 16.5. The van der Waals surface area contributed by atoms with Gasteiger partial charge in [0.2, 0.25) is 11.8 Å². The number of hydrogen-bond acceptors (Lipinski definition) is 7. The van der Waals surface area contributed by atoms with Gasteiger partial charge in [-0.05, 0) is 77.1 Å². The number of rotatable bonds is 5. The fraction of sp³-hybridized carbons (Fsp3) is 0.250. The first kappa shape index (κ1) is 34.4. The third kappa shape index (κ3) is 5.01. The summed E-state index contributed by atoms with van der Waals surface area (Å²) in [5.41, 5.74) is 3.13. The number of fused-ring (bicyclic) bond motifs is 5. The number of amides is 2. The molecule has 5 aromatic rings. The van der Waals surface area contributed by atoms with Crippen molar-refractivity contribution >= 4 is 51.1 Å². The largest absolute Gasteiger partial charge is 0.508 e. The van der Waals surface area contributed by atoms with Gasteiger partial charge in [-0.15, -0.1) is 0 Å². The van der Waals surface area contributed by atoms with Crippen molar-refractivity contribution < 1.29 is 29.0 Å². The molecule has 278 valence electrons. The minimum atomic E-state index is -1.44. The molecule has 2 aliphatic heterocycles. The molecule has 10 rings (SSSR count). The summed E-state index contributed by atoms with van der Waals surface area (Å²) in [6.45, 7) is 2.82. The van der Waals surface area contributed by atoms with Crippen LogP contribution in [0.4, 0.5) is 11.4 Å². The lowest BCUT2D eigenvalue weighted by Crippen LogP contribution is -2.58. The Morgan fingerprint density at radius 3 is 2.12 bits per heavy atom. The molecule has 56 heavy (non-hydrogen) atoms. The maximum absolute atomic E-state index is 15.4. The van der Waals surface area contributed by atoms with Gasteiger partial charge in [-0.2, -0.15) is 0 Å². The fourth-order valence-corrected chi connectivity index (χ4v) is 10.7. The van der Waals surface area contributed by atoms with E-state index >= 15 is 9.59 Å². The van der Waals surface area contributed by atoms with Crippen molar-refractivity contribution in [3.8, 4) is 5.75 Å². The van der Waals surface area contributed by atoms with Crippen LogP contribution < -0.4 is 9.80 Å². The molecule has 1 N–H and O–H groups in total. The Morgan fingerprint density at radius 2 is 1.38 bits per heavy atom. The number of carbonyl (C=O) groups excluding carboxylic acids is 4. The standard InChI is InChI=1S/C48H40N2O6/c51-40-22-15-30-11-7-8-14-34(30)43(40)44-35-20-21-36-42(47(55)50(46(36)54)33-18-16-32(17-19-33)49-23-25-56-26-24-49)38(35)27-39-45(53)37(29-9-3-1-4-10-29)28-41(52)48(39,44)31-12-5-2-6-13-31/h1-20,22,28,36,38-39,42,44,51H,21,23-27H2. The molecule has 3 fully saturated rings. The topological polar surface area (TPSA) is 104 Å². The molecular weight excluding hydrogens is 701 g/mol. The Hall–Kier alpha value is -6.12. The van der Waals surface area contributed by atoms with Crippen molar-refractivity contribution in [1.29, 1.82) is 0 Å². The molecule has 5 aromatic carbocycles. The number of anilines is 2. The van der Waals surface area contributed by atoms with Crippen LogP contribution in [-0.4, -0.2) is 54.8 Å². The molecule has 2 saturated heterocycles. The summed E-state index contributed by atoms with van der Waals surface area (Å²) in [5, 5.41) is 13.6. The molecule has 8 nitrogen and oxygen atoms in total. The second-order valence-corrected chi connectivity index (χ2v) is 15.6. The van der Waals surface area contributed by atoms with E-state index in [0.717, 1.165) is 35.1 Å². The monoisotopic (exact) mass is 740 g/mol. The molecule has 0 aromatic heterocycles. The molecule has 0 bridgehead atoms. The molecule has 1 saturated carbocycles. The smallest absolute Gasteiger partial charge is 0.238 e. The normalized spacial score (nSPS) is 27.4. The van der Waals surface area contributed by atoms with E-state index in [4.69, 9.17) is 4.74 Å². The van der Waals surface area contributed by atoms with Crippen molar-refractivity contribution in [3.63, 3.8) is 0 Å². The van der Waals surface area contributed by atoms with E-state index in [1.54, 1.807) is 6.07 Å². The molecule has 0 spiro atoms. The van der Waals surface area contributed by atoms with Gasteiger partial charge in [0.25, 0.3) is 0 Å². The van der Waals surface area contributed by atoms with Crippen molar-refractivity contribution in [3.05, 3.63) is 156 Å². The molecule has 2 heterocycles. The second-order valence-electron chi connectivity index (χ2n) is 15.6. The number of Topliss-reactive ketones (excluding diaryl/α,β-unsaturated/α-hetero) is 1. The number of nitrogens with zero attached hydrogens (tertiary/aromatic N) is 2. The van der Waals surface area contributed by atoms with Gasteiger partial charge >= 0.3 is 0 Å². The number of imide groups is 1.